The lowest BCUT2D eigenvalue weighted by molar-refractivity contribution is 0.810. The van der Waals surface area contributed by atoms with Gasteiger partial charge in [-0.25, -0.2) is 4.98 Å². The third-order valence-corrected chi connectivity index (χ3v) is 2.62. The van der Waals surface area contributed by atoms with Gasteiger partial charge in [0.1, 0.15) is 11.8 Å². The van der Waals surface area contributed by atoms with Crippen molar-refractivity contribution < 1.29 is 0 Å². The summed E-state index contributed by atoms with van der Waals surface area (Å²) in [5.41, 5.74) is 2.96. The van der Waals surface area contributed by atoms with Crippen molar-refractivity contribution in [2.45, 2.75) is 13.5 Å². The molecule has 0 spiro atoms. The first kappa shape index (κ1) is 8.35. The maximum Gasteiger partial charge on any atom is 0.163 e. The second kappa shape index (κ2) is 3.02. The van der Waals surface area contributed by atoms with Crippen molar-refractivity contribution in [3.8, 4) is 0 Å². The minimum atomic E-state index is 0.884. The van der Waals surface area contributed by atoms with Crippen molar-refractivity contribution in [1.29, 1.82) is 0 Å². The van der Waals surface area contributed by atoms with Gasteiger partial charge >= 0.3 is 0 Å². The molecule has 0 bridgehead atoms. The Bertz CT molecular complexity index is 573. The molecule has 3 rings (SSSR count). The van der Waals surface area contributed by atoms with Crippen molar-refractivity contribution in [2.75, 3.05) is 0 Å². The quantitative estimate of drug-likeness (QED) is 0.600. The van der Waals surface area contributed by atoms with Crippen LogP contribution < -0.4 is 0 Å². The molecule has 0 aliphatic rings. The molecule has 2 heterocycles. The van der Waals surface area contributed by atoms with Crippen molar-refractivity contribution in [1.82, 2.24) is 19.7 Å². The predicted octanol–water partition coefficient (Wildman–Crippen LogP) is 2.00. The van der Waals surface area contributed by atoms with Crippen LogP contribution in [0.1, 0.15) is 6.92 Å². The van der Waals surface area contributed by atoms with Gasteiger partial charge in [0, 0.05) is 11.9 Å². The summed E-state index contributed by atoms with van der Waals surface area (Å²) in [5, 5.41) is 9.10. The third kappa shape index (κ3) is 1.05. The monoisotopic (exact) mass is 198 g/mol. The van der Waals surface area contributed by atoms with Gasteiger partial charge in [0.15, 0.2) is 5.65 Å². The zero-order valence-electron chi connectivity index (χ0n) is 8.38. The molecule has 2 aromatic heterocycles. The molecular formula is C11H10N4. The zero-order chi connectivity index (χ0) is 10.3. The van der Waals surface area contributed by atoms with Gasteiger partial charge < -0.3 is 4.57 Å². The fourth-order valence-electron chi connectivity index (χ4n) is 1.99. The first-order valence-electron chi connectivity index (χ1n) is 4.96. The van der Waals surface area contributed by atoms with Crippen LogP contribution in [-0.2, 0) is 6.54 Å². The molecule has 74 valence electrons. The maximum absolute atomic E-state index is 4.28. The molecule has 3 aromatic rings. The van der Waals surface area contributed by atoms with Gasteiger partial charge in [-0.15, -0.1) is 10.2 Å². The topological polar surface area (TPSA) is 43.6 Å². The van der Waals surface area contributed by atoms with Crippen molar-refractivity contribution in [3.63, 3.8) is 0 Å². The van der Waals surface area contributed by atoms with E-state index in [1.54, 1.807) is 0 Å². The zero-order valence-corrected chi connectivity index (χ0v) is 8.38. The average Bonchev–Trinajstić information content (AvgIpc) is 2.63. The van der Waals surface area contributed by atoms with E-state index >= 15 is 0 Å². The summed E-state index contributed by atoms with van der Waals surface area (Å²) >= 11 is 0. The number of hydrogen-bond donors (Lipinski definition) is 0. The smallest absolute Gasteiger partial charge is 0.163 e. The number of aromatic nitrogens is 4. The molecule has 4 nitrogen and oxygen atoms in total. The third-order valence-electron chi connectivity index (χ3n) is 2.62. The summed E-state index contributed by atoms with van der Waals surface area (Å²) in [6, 6.07) is 8.18. The van der Waals surface area contributed by atoms with E-state index in [4.69, 9.17) is 0 Å². The van der Waals surface area contributed by atoms with E-state index in [1.807, 2.05) is 12.1 Å². The molecule has 0 saturated heterocycles. The molecule has 0 N–H and O–H groups in total. The lowest BCUT2D eigenvalue weighted by Gasteiger charge is -1.99. The van der Waals surface area contributed by atoms with E-state index < -0.39 is 0 Å². The lowest BCUT2D eigenvalue weighted by atomic mass is 10.2. The van der Waals surface area contributed by atoms with Gasteiger partial charge in [0.25, 0.3) is 0 Å². The molecule has 0 atom stereocenters. The Kier molecular flexibility index (Phi) is 1.68. The second-order valence-electron chi connectivity index (χ2n) is 3.39. The van der Waals surface area contributed by atoms with Gasteiger partial charge in [-0.05, 0) is 13.0 Å². The summed E-state index contributed by atoms with van der Waals surface area (Å²) < 4.78 is 2.15. The van der Waals surface area contributed by atoms with Gasteiger partial charge in [0.2, 0.25) is 0 Å². The Morgan fingerprint density at radius 1 is 1.27 bits per heavy atom. The average molecular weight is 198 g/mol. The molecule has 0 amide bonds. The highest BCUT2D eigenvalue weighted by molar-refractivity contribution is 6.03. The largest absolute Gasteiger partial charge is 0.324 e. The highest BCUT2D eigenvalue weighted by atomic mass is 15.2. The fourth-order valence-corrected chi connectivity index (χ4v) is 1.99. The molecule has 1 aromatic carbocycles. The van der Waals surface area contributed by atoms with E-state index in [9.17, 15) is 0 Å². The van der Waals surface area contributed by atoms with Crippen LogP contribution in [0.5, 0.6) is 0 Å². The van der Waals surface area contributed by atoms with Crippen molar-refractivity contribution >= 4 is 22.1 Å². The number of fused-ring (bicyclic) bond motifs is 3. The SMILES string of the molecule is CCn1c2ccccc2c2nncnc21. The number of benzene rings is 1. The van der Waals surface area contributed by atoms with Crippen LogP contribution >= 0.6 is 0 Å². The predicted molar refractivity (Wildman–Crippen MR) is 58.5 cm³/mol. The Hall–Kier alpha value is -1.97. The fraction of sp³-hybridized carbons (Fsp3) is 0.182. The van der Waals surface area contributed by atoms with Crippen molar-refractivity contribution in [2.24, 2.45) is 0 Å². The van der Waals surface area contributed by atoms with E-state index in [0.717, 1.165) is 23.1 Å². The van der Waals surface area contributed by atoms with Gasteiger partial charge in [-0.3, -0.25) is 0 Å². The van der Waals surface area contributed by atoms with Gasteiger partial charge in [-0.1, -0.05) is 18.2 Å². The number of hydrogen-bond acceptors (Lipinski definition) is 3. The Morgan fingerprint density at radius 2 is 2.13 bits per heavy atom. The molecule has 15 heavy (non-hydrogen) atoms. The van der Waals surface area contributed by atoms with Crippen LogP contribution in [-0.4, -0.2) is 19.7 Å². The van der Waals surface area contributed by atoms with Crippen LogP contribution in [0, 0.1) is 0 Å². The maximum atomic E-state index is 4.28. The Labute approximate surface area is 86.6 Å². The van der Waals surface area contributed by atoms with E-state index in [-0.39, 0.29) is 0 Å². The summed E-state index contributed by atoms with van der Waals surface area (Å²) in [7, 11) is 0. The first-order valence-corrected chi connectivity index (χ1v) is 4.96. The molecule has 4 heteroatoms. The molecule has 0 fully saturated rings. The normalized spacial score (nSPS) is 11.3. The van der Waals surface area contributed by atoms with E-state index in [1.165, 1.54) is 11.8 Å². The number of aryl methyl sites for hydroxylation is 1. The number of para-hydroxylation sites is 1. The van der Waals surface area contributed by atoms with Crippen LogP contribution in [0.15, 0.2) is 30.6 Å². The summed E-state index contributed by atoms with van der Waals surface area (Å²) in [6.07, 6.45) is 1.49. The van der Waals surface area contributed by atoms with E-state index in [2.05, 4.69) is 38.8 Å². The van der Waals surface area contributed by atoms with Crippen LogP contribution in [0.2, 0.25) is 0 Å². The summed E-state index contributed by atoms with van der Waals surface area (Å²) in [5.74, 6) is 0. The van der Waals surface area contributed by atoms with Crippen LogP contribution in [0.4, 0.5) is 0 Å². The number of nitrogens with zero attached hydrogens (tertiary/aromatic N) is 4. The Balaban J connectivity index is 2.62. The van der Waals surface area contributed by atoms with Crippen LogP contribution in [0.3, 0.4) is 0 Å². The van der Waals surface area contributed by atoms with E-state index in [0.29, 0.717) is 0 Å². The Morgan fingerprint density at radius 3 is 3.00 bits per heavy atom. The number of rotatable bonds is 1. The second-order valence-corrected chi connectivity index (χ2v) is 3.39. The molecule has 0 saturated carbocycles. The molecule has 0 unspecified atom stereocenters. The van der Waals surface area contributed by atoms with Gasteiger partial charge in [0.05, 0.1) is 5.52 Å². The van der Waals surface area contributed by atoms with Crippen molar-refractivity contribution in [3.05, 3.63) is 30.6 Å². The minimum Gasteiger partial charge on any atom is -0.324 e. The van der Waals surface area contributed by atoms with Gasteiger partial charge in [-0.2, -0.15) is 0 Å². The molecule has 0 aliphatic carbocycles. The highest BCUT2D eigenvalue weighted by Gasteiger charge is 2.10. The first-order chi connectivity index (χ1) is 7.42. The highest BCUT2D eigenvalue weighted by Crippen LogP contribution is 2.24. The minimum absolute atomic E-state index is 0.884. The summed E-state index contributed by atoms with van der Waals surface area (Å²) in [4.78, 5) is 4.28. The lowest BCUT2D eigenvalue weighted by Crippen LogP contribution is -1.95. The molecule has 0 radical (unpaired) electrons. The summed E-state index contributed by atoms with van der Waals surface area (Å²) in [6.45, 7) is 3.00. The van der Waals surface area contributed by atoms with Crippen LogP contribution in [0.25, 0.3) is 22.1 Å². The molecular weight excluding hydrogens is 188 g/mol. The standard InChI is InChI=1S/C11H10N4/c1-2-15-9-6-4-3-5-8(9)10-11(15)12-7-13-14-10/h3-7H,2H2,1H3. The molecule has 0 aliphatic heterocycles.